The molecule has 3 nitrogen and oxygen atoms in total. The van der Waals surface area contributed by atoms with E-state index in [-0.39, 0.29) is 17.3 Å². The van der Waals surface area contributed by atoms with Crippen LogP contribution in [0, 0.1) is 5.82 Å². The van der Waals surface area contributed by atoms with Gasteiger partial charge in [0.25, 0.3) is 5.89 Å². The third kappa shape index (κ3) is 2.40. The van der Waals surface area contributed by atoms with Crippen LogP contribution in [-0.2, 0) is 0 Å². The molecule has 20 heavy (non-hydrogen) atoms. The molecule has 0 unspecified atom stereocenters. The fourth-order valence-electron chi connectivity index (χ4n) is 1.74. The van der Waals surface area contributed by atoms with Gasteiger partial charge in [0.15, 0.2) is 0 Å². The Morgan fingerprint density at radius 2 is 1.60 bits per heavy atom. The van der Waals surface area contributed by atoms with Crippen LogP contribution in [0.25, 0.3) is 22.9 Å². The lowest BCUT2D eigenvalue weighted by molar-refractivity contribution is 0.571. The lowest BCUT2D eigenvalue weighted by atomic mass is 10.2. The molecule has 0 bridgehead atoms. The van der Waals surface area contributed by atoms with Crippen LogP contribution in [-0.4, -0.2) is 10.2 Å². The normalized spacial score (nSPS) is 10.8. The van der Waals surface area contributed by atoms with Crippen molar-refractivity contribution in [1.29, 1.82) is 0 Å². The minimum absolute atomic E-state index is 0.101. The van der Waals surface area contributed by atoms with Crippen LogP contribution in [0.2, 0.25) is 10.0 Å². The Morgan fingerprint density at radius 3 is 2.30 bits per heavy atom. The smallest absolute Gasteiger partial charge is 0.251 e. The number of nitrogens with zero attached hydrogens (tertiary/aromatic N) is 2. The molecule has 1 aromatic heterocycles. The first kappa shape index (κ1) is 13.1. The molecular formula is C14H7Cl2FN2O. The second-order valence-electron chi connectivity index (χ2n) is 4.02. The van der Waals surface area contributed by atoms with E-state index in [1.54, 1.807) is 36.4 Å². The number of hydrogen-bond acceptors (Lipinski definition) is 3. The van der Waals surface area contributed by atoms with Crippen LogP contribution in [0.1, 0.15) is 0 Å². The van der Waals surface area contributed by atoms with E-state index in [0.29, 0.717) is 15.6 Å². The monoisotopic (exact) mass is 308 g/mol. The molecule has 0 atom stereocenters. The van der Waals surface area contributed by atoms with Crippen LogP contribution < -0.4 is 0 Å². The van der Waals surface area contributed by atoms with E-state index in [9.17, 15) is 4.39 Å². The first-order valence-electron chi connectivity index (χ1n) is 5.69. The molecule has 0 fully saturated rings. The lowest BCUT2D eigenvalue weighted by Crippen LogP contribution is -1.82. The summed E-state index contributed by atoms with van der Waals surface area (Å²) >= 11 is 11.9. The zero-order chi connectivity index (χ0) is 14.1. The molecule has 0 aliphatic carbocycles. The average molecular weight is 309 g/mol. The highest BCUT2D eigenvalue weighted by Crippen LogP contribution is 2.31. The van der Waals surface area contributed by atoms with Crippen LogP contribution in [0.3, 0.4) is 0 Å². The topological polar surface area (TPSA) is 38.9 Å². The Labute approximate surface area is 124 Å². The van der Waals surface area contributed by atoms with Gasteiger partial charge in [-0.15, -0.1) is 10.2 Å². The number of halogens is 3. The number of rotatable bonds is 2. The van der Waals surface area contributed by atoms with E-state index in [1.165, 1.54) is 6.07 Å². The van der Waals surface area contributed by atoms with Crippen LogP contribution in [0.4, 0.5) is 4.39 Å². The van der Waals surface area contributed by atoms with Gasteiger partial charge in [-0.25, -0.2) is 4.39 Å². The van der Waals surface area contributed by atoms with Crippen molar-refractivity contribution in [2.24, 2.45) is 0 Å². The van der Waals surface area contributed by atoms with E-state index < -0.39 is 5.82 Å². The van der Waals surface area contributed by atoms with Gasteiger partial charge in [0.1, 0.15) is 5.82 Å². The molecule has 0 spiro atoms. The van der Waals surface area contributed by atoms with Crippen molar-refractivity contribution < 1.29 is 8.81 Å². The van der Waals surface area contributed by atoms with E-state index in [4.69, 9.17) is 27.6 Å². The Balaban J connectivity index is 2.04. The van der Waals surface area contributed by atoms with Gasteiger partial charge in [0.05, 0.1) is 16.1 Å². The first-order chi connectivity index (χ1) is 9.65. The summed E-state index contributed by atoms with van der Waals surface area (Å²) in [6.07, 6.45) is 0. The van der Waals surface area contributed by atoms with Gasteiger partial charge in [-0.3, -0.25) is 0 Å². The SMILES string of the molecule is Fc1ccccc1-c1nnc(-c2ccc(Cl)cc2Cl)o1. The number of hydrogen-bond donors (Lipinski definition) is 0. The third-order valence-electron chi connectivity index (χ3n) is 2.69. The number of benzene rings is 2. The summed E-state index contributed by atoms with van der Waals surface area (Å²) < 4.78 is 19.1. The molecule has 0 aliphatic heterocycles. The molecule has 0 amide bonds. The van der Waals surface area contributed by atoms with Gasteiger partial charge < -0.3 is 4.42 Å². The van der Waals surface area contributed by atoms with Crippen molar-refractivity contribution >= 4 is 23.2 Å². The summed E-state index contributed by atoms with van der Waals surface area (Å²) in [5, 5.41) is 8.62. The summed E-state index contributed by atoms with van der Waals surface area (Å²) in [4.78, 5) is 0. The summed E-state index contributed by atoms with van der Waals surface area (Å²) in [5.74, 6) is -0.112. The van der Waals surface area contributed by atoms with Crippen LogP contribution >= 0.6 is 23.2 Å². The third-order valence-corrected chi connectivity index (χ3v) is 3.24. The van der Waals surface area contributed by atoms with Gasteiger partial charge in [0, 0.05) is 5.02 Å². The molecule has 100 valence electrons. The summed E-state index contributed by atoms with van der Waals surface area (Å²) in [6.45, 7) is 0. The van der Waals surface area contributed by atoms with E-state index in [1.807, 2.05) is 0 Å². The molecular weight excluding hydrogens is 302 g/mol. The van der Waals surface area contributed by atoms with Crippen molar-refractivity contribution in [2.45, 2.75) is 0 Å². The van der Waals surface area contributed by atoms with Gasteiger partial charge in [0.2, 0.25) is 5.89 Å². The molecule has 0 aliphatic rings. The molecule has 3 rings (SSSR count). The zero-order valence-corrected chi connectivity index (χ0v) is 11.5. The predicted molar refractivity (Wildman–Crippen MR) is 75.1 cm³/mol. The van der Waals surface area contributed by atoms with Crippen molar-refractivity contribution in [1.82, 2.24) is 10.2 Å². The Hall–Kier alpha value is -1.91. The standard InChI is InChI=1S/C14H7Cl2FN2O/c15-8-5-6-9(11(16)7-8)13-18-19-14(20-13)10-3-1-2-4-12(10)17/h1-7H. The fourth-order valence-corrected chi connectivity index (χ4v) is 2.23. The molecule has 0 saturated carbocycles. The lowest BCUT2D eigenvalue weighted by Gasteiger charge is -1.99. The molecule has 0 saturated heterocycles. The molecule has 1 heterocycles. The maximum absolute atomic E-state index is 13.6. The highest BCUT2D eigenvalue weighted by atomic mass is 35.5. The molecule has 2 aromatic carbocycles. The molecule has 6 heteroatoms. The van der Waals surface area contributed by atoms with Gasteiger partial charge in [-0.2, -0.15) is 0 Å². The minimum Gasteiger partial charge on any atom is -0.416 e. The summed E-state index contributed by atoms with van der Waals surface area (Å²) in [5.41, 5.74) is 0.794. The highest BCUT2D eigenvalue weighted by molar-refractivity contribution is 6.36. The van der Waals surface area contributed by atoms with Gasteiger partial charge in [-0.1, -0.05) is 35.3 Å². The van der Waals surface area contributed by atoms with Crippen LogP contribution in [0.5, 0.6) is 0 Å². The van der Waals surface area contributed by atoms with E-state index >= 15 is 0 Å². The average Bonchev–Trinajstić information content (AvgIpc) is 2.88. The highest BCUT2D eigenvalue weighted by Gasteiger charge is 2.15. The largest absolute Gasteiger partial charge is 0.416 e. The first-order valence-corrected chi connectivity index (χ1v) is 6.44. The van der Waals surface area contributed by atoms with Crippen LogP contribution in [0.15, 0.2) is 46.9 Å². The van der Waals surface area contributed by atoms with Gasteiger partial charge >= 0.3 is 0 Å². The quantitative estimate of drug-likeness (QED) is 0.679. The van der Waals surface area contributed by atoms with Crippen molar-refractivity contribution in [3.05, 3.63) is 58.3 Å². The second-order valence-corrected chi connectivity index (χ2v) is 4.86. The summed E-state index contributed by atoms with van der Waals surface area (Å²) in [6, 6.07) is 11.1. The Bertz CT molecular complexity index is 773. The Kier molecular flexibility index (Phi) is 3.42. The van der Waals surface area contributed by atoms with Gasteiger partial charge in [-0.05, 0) is 30.3 Å². The van der Waals surface area contributed by atoms with Crippen molar-refractivity contribution in [3.8, 4) is 22.9 Å². The van der Waals surface area contributed by atoms with E-state index in [0.717, 1.165) is 0 Å². The van der Waals surface area contributed by atoms with Crippen molar-refractivity contribution in [2.75, 3.05) is 0 Å². The summed E-state index contributed by atoms with van der Waals surface area (Å²) in [7, 11) is 0. The fraction of sp³-hybridized carbons (Fsp3) is 0. The Morgan fingerprint density at radius 1 is 0.900 bits per heavy atom. The second kappa shape index (κ2) is 5.23. The van der Waals surface area contributed by atoms with Crippen molar-refractivity contribution in [3.63, 3.8) is 0 Å². The van der Waals surface area contributed by atoms with E-state index in [2.05, 4.69) is 10.2 Å². The number of aromatic nitrogens is 2. The maximum Gasteiger partial charge on any atom is 0.251 e. The predicted octanol–water partition coefficient (Wildman–Crippen LogP) is 4.85. The molecule has 3 aromatic rings. The molecule has 0 N–H and O–H groups in total. The zero-order valence-electron chi connectivity index (χ0n) is 9.98. The minimum atomic E-state index is -0.426. The maximum atomic E-state index is 13.6. The molecule has 0 radical (unpaired) electrons.